The van der Waals surface area contributed by atoms with Crippen molar-refractivity contribution < 1.29 is 0 Å². The normalized spacial score (nSPS) is 24.6. The maximum Gasteiger partial charge on any atom is -0.0162 e. The molecular formula is C36H54. The molecule has 2 saturated carbocycles. The zero-order valence-electron chi connectivity index (χ0n) is 23.7. The third kappa shape index (κ3) is 8.49. The lowest BCUT2D eigenvalue weighted by Crippen LogP contribution is -2.15. The SMILES string of the molecule is CCCCCCC1CCC(c2ccc(-c3ccc(CCC4CCC(CCCC)CC4)cc3)cc2)CC1. The summed E-state index contributed by atoms with van der Waals surface area (Å²) in [5.74, 6) is 3.78. The Bertz CT molecular complexity index is 829. The van der Waals surface area contributed by atoms with Crippen molar-refractivity contribution >= 4 is 0 Å². The zero-order chi connectivity index (χ0) is 25.0. The molecule has 0 bridgehead atoms. The van der Waals surface area contributed by atoms with E-state index in [1.807, 2.05) is 0 Å². The van der Waals surface area contributed by atoms with E-state index in [0.29, 0.717) is 0 Å². The Morgan fingerprint density at radius 3 is 1.58 bits per heavy atom. The van der Waals surface area contributed by atoms with Gasteiger partial charge in [0.05, 0.1) is 0 Å². The number of hydrogen-bond acceptors (Lipinski definition) is 0. The average Bonchev–Trinajstić information content (AvgIpc) is 2.94. The third-order valence-electron chi connectivity index (χ3n) is 9.76. The second kappa shape index (κ2) is 15.0. The molecule has 2 aliphatic rings. The summed E-state index contributed by atoms with van der Waals surface area (Å²) in [6, 6.07) is 19.1. The van der Waals surface area contributed by atoms with Gasteiger partial charge in [-0.3, -0.25) is 0 Å². The summed E-state index contributed by atoms with van der Waals surface area (Å²) in [4.78, 5) is 0. The highest BCUT2D eigenvalue weighted by atomic mass is 14.3. The third-order valence-corrected chi connectivity index (χ3v) is 9.76. The molecule has 0 aliphatic heterocycles. The second-order valence-electron chi connectivity index (χ2n) is 12.5. The molecular weight excluding hydrogens is 432 g/mol. The molecule has 198 valence electrons. The van der Waals surface area contributed by atoms with Gasteiger partial charge in [0.1, 0.15) is 0 Å². The van der Waals surface area contributed by atoms with E-state index in [0.717, 1.165) is 23.7 Å². The fourth-order valence-electron chi connectivity index (χ4n) is 7.13. The molecule has 0 heterocycles. The predicted molar refractivity (Wildman–Crippen MR) is 159 cm³/mol. The highest BCUT2D eigenvalue weighted by Gasteiger charge is 2.22. The van der Waals surface area contributed by atoms with Crippen LogP contribution in [0.15, 0.2) is 48.5 Å². The van der Waals surface area contributed by atoms with E-state index < -0.39 is 0 Å². The van der Waals surface area contributed by atoms with Crippen LogP contribution in [0.2, 0.25) is 0 Å². The molecule has 0 nitrogen and oxygen atoms in total. The van der Waals surface area contributed by atoms with Gasteiger partial charge in [-0.2, -0.15) is 0 Å². The largest absolute Gasteiger partial charge is 0.0654 e. The first-order valence-electron chi connectivity index (χ1n) is 15.9. The van der Waals surface area contributed by atoms with E-state index in [1.165, 1.54) is 132 Å². The average molecular weight is 487 g/mol. The summed E-state index contributed by atoms with van der Waals surface area (Å²) in [5.41, 5.74) is 5.84. The minimum Gasteiger partial charge on any atom is -0.0654 e. The van der Waals surface area contributed by atoms with Crippen LogP contribution in [0.4, 0.5) is 0 Å². The van der Waals surface area contributed by atoms with Crippen molar-refractivity contribution in [3.63, 3.8) is 0 Å². The van der Waals surface area contributed by atoms with Gasteiger partial charge in [0.15, 0.2) is 0 Å². The molecule has 0 saturated heterocycles. The van der Waals surface area contributed by atoms with Gasteiger partial charge in [0, 0.05) is 0 Å². The van der Waals surface area contributed by atoms with Crippen molar-refractivity contribution in [3.05, 3.63) is 59.7 Å². The van der Waals surface area contributed by atoms with Gasteiger partial charge in [-0.1, -0.05) is 139 Å². The molecule has 36 heavy (non-hydrogen) atoms. The lowest BCUT2D eigenvalue weighted by molar-refractivity contribution is 0.250. The summed E-state index contributed by atoms with van der Waals surface area (Å²) in [7, 11) is 0. The van der Waals surface area contributed by atoms with E-state index in [-0.39, 0.29) is 0 Å². The summed E-state index contributed by atoms with van der Waals surface area (Å²) < 4.78 is 0. The zero-order valence-corrected chi connectivity index (χ0v) is 23.7. The molecule has 0 aromatic heterocycles. The molecule has 0 heteroatoms. The molecule has 2 aromatic rings. The molecule has 0 radical (unpaired) electrons. The van der Waals surface area contributed by atoms with Crippen molar-refractivity contribution in [2.75, 3.05) is 0 Å². The summed E-state index contributed by atoms with van der Waals surface area (Å²) in [6.45, 7) is 4.64. The smallest absolute Gasteiger partial charge is 0.0162 e. The van der Waals surface area contributed by atoms with Crippen LogP contribution in [0.25, 0.3) is 11.1 Å². The quantitative estimate of drug-likeness (QED) is 0.247. The van der Waals surface area contributed by atoms with Gasteiger partial charge in [-0.15, -0.1) is 0 Å². The summed E-state index contributed by atoms with van der Waals surface area (Å²) in [5, 5.41) is 0. The predicted octanol–water partition coefficient (Wildman–Crippen LogP) is 11.5. The molecule has 2 aliphatic carbocycles. The van der Waals surface area contributed by atoms with E-state index in [4.69, 9.17) is 0 Å². The van der Waals surface area contributed by atoms with Crippen molar-refractivity contribution in [3.8, 4) is 11.1 Å². The number of aryl methyl sites for hydroxylation is 1. The first-order chi connectivity index (χ1) is 17.7. The van der Waals surface area contributed by atoms with Crippen LogP contribution in [0.5, 0.6) is 0 Å². The molecule has 0 spiro atoms. The Morgan fingerprint density at radius 2 is 1.00 bits per heavy atom. The van der Waals surface area contributed by atoms with E-state index in [1.54, 1.807) is 5.56 Å². The van der Waals surface area contributed by atoms with E-state index in [9.17, 15) is 0 Å². The molecule has 2 fully saturated rings. The highest BCUT2D eigenvalue weighted by molar-refractivity contribution is 5.64. The first-order valence-corrected chi connectivity index (χ1v) is 15.9. The number of hydrogen-bond donors (Lipinski definition) is 0. The van der Waals surface area contributed by atoms with Crippen LogP contribution >= 0.6 is 0 Å². The first kappa shape index (κ1) is 27.5. The van der Waals surface area contributed by atoms with Crippen LogP contribution < -0.4 is 0 Å². The van der Waals surface area contributed by atoms with Crippen molar-refractivity contribution in [1.82, 2.24) is 0 Å². The standard InChI is InChI=1S/C36H54/c1-3-5-7-8-10-30-17-21-33(22-18-30)35-25-27-36(28-26-35)34-23-19-32(20-24-34)16-15-31-13-11-29(12-14-31)9-6-4-2/h19-20,23-31,33H,3-18,21-22H2,1-2H3. The Labute approximate surface area is 223 Å². The summed E-state index contributed by atoms with van der Waals surface area (Å²) in [6.07, 6.45) is 25.7. The molecule has 0 N–H and O–H groups in total. The topological polar surface area (TPSA) is 0 Å². The fraction of sp³-hybridized carbons (Fsp3) is 0.667. The van der Waals surface area contributed by atoms with Gasteiger partial charge >= 0.3 is 0 Å². The maximum absolute atomic E-state index is 2.42. The van der Waals surface area contributed by atoms with Crippen LogP contribution in [0, 0.1) is 17.8 Å². The lowest BCUT2D eigenvalue weighted by atomic mass is 9.77. The Kier molecular flexibility index (Phi) is 11.4. The molecule has 4 rings (SSSR count). The van der Waals surface area contributed by atoms with Gasteiger partial charge in [0.2, 0.25) is 0 Å². The Balaban J connectivity index is 1.19. The maximum atomic E-state index is 2.42. The fourth-order valence-corrected chi connectivity index (χ4v) is 7.13. The Morgan fingerprint density at radius 1 is 0.500 bits per heavy atom. The van der Waals surface area contributed by atoms with Crippen LogP contribution in [0.3, 0.4) is 0 Å². The monoisotopic (exact) mass is 486 g/mol. The van der Waals surface area contributed by atoms with Crippen molar-refractivity contribution in [2.24, 2.45) is 17.8 Å². The summed E-state index contributed by atoms with van der Waals surface area (Å²) >= 11 is 0. The van der Waals surface area contributed by atoms with Crippen LogP contribution in [0.1, 0.15) is 140 Å². The highest BCUT2D eigenvalue weighted by Crippen LogP contribution is 2.38. The molecule has 0 unspecified atom stereocenters. The minimum atomic E-state index is 0.787. The van der Waals surface area contributed by atoms with Gasteiger partial charge in [-0.05, 0) is 84.5 Å². The van der Waals surface area contributed by atoms with E-state index in [2.05, 4.69) is 62.4 Å². The Hall–Kier alpha value is -1.56. The number of benzene rings is 2. The lowest BCUT2D eigenvalue weighted by Gasteiger charge is -2.29. The second-order valence-corrected chi connectivity index (χ2v) is 12.5. The molecule has 0 atom stereocenters. The van der Waals surface area contributed by atoms with E-state index >= 15 is 0 Å². The van der Waals surface area contributed by atoms with Gasteiger partial charge in [0.25, 0.3) is 0 Å². The number of rotatable bonds is 13. The van der Waals surface area contributed by atoms with Crippen molar-refractivity contribution in [2.45, 2.75) is 135 Å². The van der Waals surface area contributed by atoms with Gasteiger partial charge in [-0.25, -0.2) is 0 Å². The molecule has 0 amide bonds. The number of unbranched alkanes of at least 4 members (excludes halogenated alkanes) is 4. The van der Waals surface area contributed by atoms with Crippen molar-refractivity contribution in [1.29, 1.82) is 0 Å². The minimum absolute atomic E-state index is 0.787. The van der Waals surface area contributed by atoms with Crippen LogP contribution in [-0.2, 0) is 6.42 Å². The van der Waals surface area contributed by atoms with Crippen LogP contribution in [-0.4, -0.2) is 0 Å². The molecule has 2 aromatic carbocycles. The van der Waals surface area contributed by atoms with Gasteiger partial charge < -0.3 is 0 Å².